The highest BCUT2D eigenvalue weighted by atomic mass is 32.1. The summed E-state index contributed by atoms with van der Waals surface area (Å²) in [4.78, 5) is 5.29. The summed E-state index contributed by atoms with van der Waals surface area (Å²) in [5.74, 6) is 0. The van der Waals surface area contributed by atoms with Gasteiger partial charge in [-0.2, -0.15) is 0 Å². The van der Waals surface area contributed by atoms with Gasteiger partial charge < -0.3 is 9.80 Å². The van der Waals surface area contributed by atoms with Gasteiger partial charge in [0.15, 0.2) is 0 Å². The summed E-state index contributed by atoms with van der Waals surface area (Å²) >= 11 is 1.92. The number of fused-ring (bicyclic) bond motifs is 9. The number of aryl methyl sites for hydroxylation is 3. The molecular weight excluding hydrogens is 683 g/mol. The van der Waals surface area contributed by atoms with E-state index in [9.17, 15) is 0 Å². The highest BCUT2D eigenvalue weighted by Crippen LogP contribution is 2.52. The number of thiophene rings is 1. The summed E-state index contributed by atoms with van der Waals surface area (Å²) in [5.41, 5.74) is 20.5. The molecule has 6 aromatic carbocycles. The molecule has 0 atom stereocenters. The largest absolute Gasteiger partial charge is 0.311 e. The van der Waals surface area contributed by atoms with E-state index in [1.807, 2.05) is 11.3 Å². The molecule has 0 N–H and O–H groups in total. The van der Waals surface area contributed by atoms with Gasteiger partial charge in [0.2, 0.25) is 0 Å². The van der Waals surface area contributed by atoms with Crippen LogP contribution in [0.1, 0.15) is 94.7 Å². The van der Waals surface area contributed by atoms with E-state index in [-0.39, 0.29) is 23.0 Å². The van der Waals surface area contributed by atoms with Crippen molar-refractivity contribution in [1.82, 2.24) is 0 Å². The summed E-state index contributed by atoms with van der Waals surface area (Å²) in [6, 6.07) is 40.3. The maximum atomic E-state index is 2.66. The van der Waals surface area contributed by atoms with Crippen LogP contribution in [0.5, 0.6) is 0 Å². The first-order chi connectivity index (χ1) is 26.1. The summed E-state index contributed by atoms with van der Waals surface area (Å²) in [5, 5.41) is 2.71. The molecule has 7 aromatic rings. The number of para-hydroxylation sites is 1. The molecule has 2 aliphatic heterocycles. The van der Waals surface area contributed by atoms with Crippen LogP contribution in [-0.2, 0) is 16.2 Å². The Labute approximate surface area is 331 Å². The molecule has 10 rings (SSSR count). The molecule has 1 aliphatic carbocycles. The van der Waals surface area contributed by atoms with Crippen molar-refractivity contribution in [2.45, 2.75) is 98.3 Å². The molecule has 3 aliphatic rings. The van der Waals surface area contributed by atoms with Crippen LogP contribution in [-0.4, -0.2) is 6.71 Å². The van der Waals surface area contributed by atoms with Gasteiger partial charge in [0, 0.05) is 48.6 Å². The summed E-state index contributed by atoms with van der Waals surface area (Å²) in [7, 11) is 0. The van der Waals surface area contributed by atoms with Gasteiger partial charge in [0.25, 0.3) is 6.71 Å². The van der Waals surface area contributed by atoms with Gasteiger partial charge in [-0.05, 0) is 142 Å². The van der Waals surface area contributed by atoms with Crippen LogP contribution < -0.4 is 26.2 Å². The SMILES string of the molecule is Cc1cc2c3c(c1)N(c1ccccc1C)c1c(ccc4sc5ccccc5c14)B3c1cc3c(cc1N2c1ccc(C(C)(C)C)cc1C)C(C)(C)CCC3(C)C. The minimum atomic E-state index is 0.0697. The van der Waals surface area contributed by atoms with Crippen molar-refractivity contribution in [3.8, 4) is 0 Å². The van der Waals surface area contributed by atoms with Crippen LogP contribution in [0.25, 0.3) is 20.2 Å². The zero-order chi connectivity index (χ0) is 38.3. The number of anilines is 6. The zero-order valence-electron chi connectivity index (χ0n) is 34.1. The van der Waals surface area contributed by atoms with Crippen LogP contribution in [0.4, 0.5) is 34.1 Å². The van der Waals surface area contributed by atoms with E-state index in [4.69, 9.17) is 0 Å². The van der Waals surface area contributed by atoms with Crippen molar-refractivity contribution in [2.75, 3.05) is 9.80 Å². The highest BCUT2D eigenvalue weighted by molar-refractivity contribution is 7.26. The van der Waals surface area contributed by atoms with E-state index >= 15 is 0 Å². The van der Waals surface area contributed by atoms with Gasteiger partial charge in [0.05, 0.1) is 5.69 Å². The van der Waals surface area contributed by atoms with Gasteiger partial charge in [-0.3, -0.25) is 0 Å². The molecule has 0 spiro atoms. The summed E-state index contributed by atoms with van der Waals surface area (Å²) in [6.45, 7) is 23.8. The van der Waals surface area contributed by atoms with Gasteiger partial charge in [0.1, 0.15) is 0 Å². The Bertz CT molecular complexity index is 2760. The van der Waals surface area contributed by atoms with Crippen molar-refractivity contribution in [3.05, 3.63) is 137 Å². The number of hydrogen-bond donors (Lipinski definition) is 0. The van der Waals surface area contributed by atoms with Gasteiger partial charge >= 0.3 is 0 Å². The van der Waals surface area contributed by atoms with E-state index < -0.39 is 0 Å². The van der Waals surface area contributed by atoms with Crippen molar-refractivity contribution < 1.29 is 0 Å². The second-order valence-electron chi connectivity index (χ2n) is 19.1. The van der Waals surface area contributed by atoms with Crippen molar-refractivity contribution >= 4 is 88.7 Å². The quantitative estimate of drug-likeness (QED) is 0.163. The fraction of sp³-hybridized carbons (Fsp3) is 0.294. The molecule has 0 bridgehead atoms. The predicted molar refractivity (Wildman–Crippen MR) is 242 cm³/mol. The van der Waals surface area contributed by atoms with E-state index in [0.717, 1.165) is 0 Å². The first-order valence-corrected chi connectivity index (χ1v) is 21.0. The number of benzene rings is 6. The van der Waals surface area contributed by atoms with Crippen LogP contribution in [0.3, 0.4) is 0 Å². The summed E-state index contributed by atoms with van der Waals surface area (Å²) in [6.07, 6.45) is 2.37. The molecule has 0 amide bonds. The molecule has 2 nitrogen and oxygen atoms in total. The molecule has 4 heteroatoms. The van der Waals surface area contributed by atoms with Crippen molar-refractivity contribution in [2.24, 2.45) is 0 Å². The lowest BCUT2D eigenvalue weighted by atomic mass is 9.33. The van der Waals surface area contributed by atoms with E-state index in [2.05, 4.69) is 182 Å². The minimum absolute atomic E-state index is 0.0697. The number of nitrogens with zero attached hydrogens (tertiary/aromatic N) is 2. The number of hydrogen-bond acceptors (Lipinski definition) is 3. The van der Waals surface area contributed by atoms with E-state index in [0.29, 0.717) is 0 Å². The Morgan fingerprint density at radius 3 is 1.95 bits per heavy atom. The molecule has 3 heterocycles. The fourth-order valence-corrected chi connectivity index (χ4v) is 11.3. The maximum Gasteiger partial charge on any atom is 0.252 e. The lowest BCUT2D eigenvalue weighted by Gasteiger charge is -2.48. The molecule has 274 valence electrons. The monoisotopic (exact) mass is 734 g/mol. The van der Waals surface area contributed by atoms with E-state index in [1.165, 1.54) is 117 Å². The van der Waals surface area contributed by atoms with Gasteiger partial charge in [-0.1, -0.05) is 109 Å². The molecule has 0 saturated heterocycles. The Morgan fingerprint density at radius 1 is 0.582 bits per heavy atom. The Balaban J connectivity index is 1.38. The molecule has 0 unspecified atom stereocenters. The average molecular weight is 735 g/mol. The molecule has 0 fully saturated rings. The molecule has 1 aromatic heterocycles. The standard InChI is InChI=1S/C51H51BN2S/c1-30-25-42-47-43(26-30)54(39-17-13-11-15-31(39)2)48-37(20-22-45-46(48)34-16-12-14-18-44(34)55-45)52(47)38-28-35-36(51(9,10)24-23-50(35,7)8)29-41(38)53(42)40-21-19-33(27-32(40)3)49(4,5)6/h11-22,25-29H,23-24H2,1-10H3. The fourth-order valence-electron chi connectivity index (χ4n) is 10.2. The van der Waals surface area contributed by atoms with Crippen LogP contribution in [0, 0.1) is 20.8 Å². The molecular formula is C51H51BN2S. The predicted octanol–water partition coefficient (Wildman–Crippen LogP) is 12.7. The maximum absolute atomic E-state index is 2.66. The topological polar surface area (TPSA) is 6.48 Å². The van der Waals surface area contributed by atoms with Crippen molar-refractivity contribution in [1.29, 1.82) is 0 Å². The molecule has 55 heavy (non-hydrogen) atoms. The first-order valence-electron chi connectivity index (χ1n) is 20.2. The molecule has 0 saturated carbocycles. The van der Waals surface area contributed by atoms with Crippen LogP contribution in [0.2, 0.25) is 0 Å². The smallest absolute Gasteiger partial charge is 0.252 e. The second kappa shape index (κ2) is 11.6. The molecule has 0 radical (unpaired) electrons. The van der Waals surface area contributed by atoms with Gasteiger partial charge in [-0.25, -0.2) is 0 Å². The lowest BCUT2D eigenvalue weighted by Crippen LogP contribution is -2.62. The highest BCUT2D eigenvalue weighted by Gasteiger charge is 2.47. The summed E-state index contributed by atoms with van der Waals surface area (Å²) < 4.78 is 2.68. The first kappa shape index (κ1) is 34.7. The third kappa shape index (κ3) is 4.99. The zero-order valence-corrected chi connectivity index (χ0v) is 34.9. The normalized spacial score (nSPS) is 16.6. The average Bonchev–Trinajstić information content (AvgIpc) is 3.52. The van der Waals surface area contributed by atoms with E-state index in [1.54, 1.807) is 0 Å². The van der Waals surface area contributed by atoms with Crippen LogP contribution >= 0.6 is 11.3 Å². The Kier molecular flexibility index (Phi) is 7.33. The Morgan fingerprint density at radius 2 is 1.24 bits per heavy atom. The van der Waals surface area contributed by atoms with Crippen molar-refractivity contribution in [3.63, 3.8) is 0 Å². The Hall–Kier alpha value is -4.80. The third-order valence-corrected chi connectivity index (χ3v) is 14.5. The second-order valence-corrected chi connectivity index (χ2v) is 20.1. The van der Waals surface area contributed by atoms with Crippen LogP contribution in [0.15, 0.2) is 103 Å². The minimum Gasteiger partial charge on any atom is -0.311 e. The third-order valence-electron chi connectivity index (χ3n) is 13.3. The lowest BCUT2D eigenvalue weighted by molar-refractivity contribution is 0.332. The number of rotatable bonds is 2. The van der Waals surface area contributed by atoms with Gasteiger partial charge in [-0.15, -0.1) is 11.3 Å².